The molecule has 4 aromatic rings. The van der Waals surface area contributed by atoms with Crippen LogP contribution in [0.25, 0.3) is 22.2 Å². The van der Waals surface area contributed by atoms with Gasteiger partial charge in [0.05, 0.1) is 12.2 Å². The number of nitrogens with one attached hydrogen (secondary N) is 1. The predicted molar refractivity (Wildman–Crippen MR) is 159 cm³/mol. The summed E-state index contributed by atoms with van der Waals surface area (Å²) in [5.74, 6) is -3.12. The molecule has 2 atom stereocenters. The molecular weight excluding hydrogens is 646 g/mol. The van der Waals surface area contributed by atoms with Crippen molar-refractivity contribution in [1.29, 1.82) is 0 Å². The first kappa shape index (κ1) is 33.0. The third-order valence-electron chi connectivity index (χ3n) is 8.64. The lowest BCUT2D eigenvalue weighted by Gasteiger charge is -2.32. The minimum Gasteiger partial charge on any atom is -0.489 e. The molecule has 2 amide bonds. The van der Waals surface area contributed by atoms with Crippen molar-refractivity contribution in [3.63, 3.8) is 0 Å². The van der Waals surface area contributed by atoms with Gasteiger partial charge in [-0.25, -0.2) is 18.2 Å². The first-order valence-corrected chi connectivity index (χ1v) is 14.8. The van der Waals surface area contributed by atoms with E-state index in [0.29, 0.717) is 23.8 Å². The van der Waals surface area contributed by atoms with Crippen molar-refractivity contribution >= 4 is 22.7 Å². The van der Waals surface area contributed by atoms with E-state index in [1.165, 1.54) is 24.4 Å². The Morgan fingerprint density at radius 3 is 2.48 bits per heavy atom. The SMILES string of the molecule is Cc1cnc2c(OCC(F)F)cc(C(=O)NC[C@](O)(c3cc4c(c(-c5ccc(F)cc5)n3)OC[C@@]4(C(N)=O)C3CC3)C(F)(F)F)cc2c1. The van der Waals surface area contributed by atoms with Crippen LogP contribution in [0.3, 0.4) is 0 Å². The molecule has 0 unspecified atom stereocenters. The number of halogens is 6. The molecule has 1 aliphatic heterocycles. The summed E-state index contributed by atoms with van der Waals surface area (Å²) >= 11 is 0. The van der Waals surface area contributed by atoms with Gasteiger partial charge in [0.1, 0.15) is 47.2 Å². The number of carbonyl (C=O) groups is 2. The number of rotatable bonds is 10. The van der Waals surface area contributed by atoms with Crippen LogP contribution in [-0.2, 0) is 15.8 Å². The summed E-state index contributed by atoms with van der Waals surface area (Å²) in [5, 5.41) is 13.8. The third kappa shape index (κ3) is 5.76. The summed E-state index contributed by atoms with van der Waals surface area (Å²) in [6.45, 7) is -1.06. The molecule has 252 valence electrons. The van der Waals surface area contributed by atoms with Crippen molar-refractivity contribution in [2.45, 2.75) is 43.4 Å². The van der Waals surface area contributed by atoms with Crippen molar-refractivity contribution in [1.82, 2.24) is 15.3 Å². The number of benzene rings is 2. The number of aromatic nitrogens is 2. The van der Waals surface area contributed by atoms with Crippen LogP contribution in [0.5, 0.6) is 11.5 Å². The number of fused-ring (bicyclic) bond motifs is 2. The number of ether oxygens (including phenoxy) is 2. The third-order valence-corrected chi connectivity index (χ3v) is 8.64. The van der Waals surface area contributed by atoms with Crippen LogP contribution in [0.1, 0.15) is 40.0 Å². The van der Waals surface area contributed by atoms with E-state index in [2.05, 4.69) is 15.3 Å². The van der Waals surface area contributed by atoms with Crippen LogP contribution in [-0.4, -0.2) is 59.2 Å². The van der Waals surface area contributed by atoms with Crippen LogP contribution in [0.4, 0.5) is 26.3 Å². The van der Waals surface area contributed by atoms with Crippen LogP contribution >= 0.6 is 0 Å². The number of hydrogen-bond donors (Lipinski definition) is 3. The second-order valence-corrected chi connectivity index (χ2v) is 11.9. The normalized spacial score (nSPS) is 18.7. The average Bonchev–Trinajstić information content (AvgIpc) is 3.81. The second-order valence-electron chi connectivity index (χ2n) is 11.9. The van der Waals surface area contributed by atoms with Crippen LogP contribution in [0.15, 0.2) is 54.7 Å². The maximum absolute atomic E-state index is 14.9. The Morgan fingerprint density at radius 2 is 1.85 bits per heavy atom. The van der Waals surface area contributed by atoms with Gasteiger partial charge in [-0.3, -0.25) is 14.6 Å². The smallest absolute Gasteiger partial charge is 0.424 e. The van der Waals surface area contributed by atoms with Gasteiger partial charge in [0, 0.05) is 28.3 Å². The molecule has 2 aromatic heterocycles. The summed E-state index contributed by atoms with van der Waals surface area (Å²) in [6, 6.07) is 9.48. The fraction of sp³-hybridized carbons (Fsp3) is 0.333. The molecule has 1 aliphatic carbocycles. The Hall–Kier alpha value is -4.92. The van der Waals surface area contributed by atoms with Crippen molar-refractivity contribution in [2.24, 2.45) is 11.7 Å². The van der Waals surface area contributed by atoms with E-state index < -0.39 is 60.1 Å². The fourth-order valence-corrected chi connectivity index (χ4v) is 5.98. The molecule has 4 N–H and O–H groups in total. The van der Waals surface area contributed by atoms with E-state index in [9.17, 15) is 41.0 Å². The van der Waals surface area contributed by atoms with Gasteiger partial charge in [-0.05, 0) is 79.8 Å². The van der Waals surface area contributed by atoms with E-state index in [0.717, 1.165) is 24.3 Å². The predicted octanol–water partition coefficient (Wildman–Crippen LogP) is 5.09. The number of nitrogens with zero attached hydrogens (tertiary/aromatic N) is 2. The van der Waals surface area contributed by atoms with E-state index in [4.69, 9.17) is 15.2 Å². The van der Waals surface area contributed by atoms with Gasteiger partial charge < -0.3 is 25.6 Å². The minimum absolute atomic E-state index is 0.00551. The summed E-state index contributed by atoms with van der Waals surface area (Å²) in [7, 11) is 0. The fourth-order valence-electron chi connectivity index (χ4n) is 5.98. The van der Waals surface area contributed by atoms with E-state index in [-0.39, 0.29) is 51.9 Å². The molecule has 2 aliphatic rings. The van der Waals surface area contributed by atoms with Crippen molar-refractivity contribution < 1.29 is 50.5 Å². The number of aryl methyl sites for hydroxylation is 1. The number of pyridine rings is 2. The number of primary amides is 1. The summed E-state index contributed by atoms with van der Waals surface area (Å²) in [5.41, 5.74) is -0.0170. The number of alkyl halides is 5. The monoisotopic (exact) mass is 674 g/mol. The molecule has 0 radical (unpaired) electrons. The number of aliphatic hydroxyl groups is 1. The standard InChI is InChI=1S/C33H28F6N4O5/c1-16-8-18-9-19(10-23(26(18)41-12-16)47-13-25(35)36)29(44)42-14-32(46,33(37,38)39)24-11-22-28(27(43-24)17-2-6-21(34)7-3-17)48-15-31(22,30(40)45)20-4-5-20/h2-3,6-12,20,25,46H,4-5,13-15H2,1H3,(H2,40,45)(H,42,44)/t31-,32+/m1/s1. The zero-order valence-electron chi connectivity index (χ0n) is 25.2. The highest BCUT2D eigenvalue weighted by Crippen LogP contribution is 2.56. The molecule has 3 heterocycles. The highest BCUT2D eigenvalue weighted by atomic mass is 19.4. The minimum atomic E-state index is -5.44. The topological polar surface area (TPSA) is 137 Å². The molecule has 1 fully saturated rings. The Bertz CT molecular complexity index is 1920. The number of amides is 2. The quantitative estimate of drug-likeness (QED) is 0.199. The maximum Gasteiger partial charge on any atom is 0.424 e. The summed E-state index contributed by atoms with van der Waals surface area (Å²) in [6.07, 6.45) is -5.74. The van der Waals surface area contributed by atoms with Gasteiger partial charge in [-0.1, -0.05) is 0 Å². The first-order chi connectivity index (χ1) is 22.6. The van der Waals surface area contributed by atoms with Gasteiger partial charge in [0.2, 0.25) is 11.5 Å². The van der Waals surface area contributed by atoms with Crippen molar-refractivity contribution in [2.75, 3.05) is 19.8 Å². The van der Waals surface area contributed by atoms with Gasteiger partial charge >= 0.3 is 6.18 Å². The number of nitrogens with two attached hydrogens (primary N) is 1. The van der Waals surface area contributed by atoms with Gasteiger partial charge in [0.15, 0.2) is 0 Å². The van der Waals surface area contributed by atoms with Crippen molar-refractivity contribution in [3.05, 3.63) is 82.9 Å². The first-order valence-electron chi connectivity index (χ1n) is 14.8. The lowest BCUT2D eigenvalue weighted by molar-refractivity contribution is -0.265. The highest BCUT2D eigenvalue weighted by molar-refractivity contribution is 6.00. The zero-order valence-corrected chi connectivity index (χ0v) is 25.2. The Morgan fingerprint density at radius 1 is 1.15 bits per heavy atom. The molecule has 48 heavy (non-hydrogen) atoms. The number of hydrogen-bond acceptors (Lipinski definition) is 7. The van der Waals surface area contributed by atoms with Gasteiger partial charge in [-0.15, -0.1) is 0 Å². The van der Waals surface area contributed by atoms with Crippen LogP contribution < -0.4 is 20.5 Å². The largest absolute Gasteiger partial charge is 0.489 e. The Labute approximate surface area is 269 Å². The highest BCUT2D eigenvalue weighted by Gasteiger charge is 2.60. The maximum atomic E-state index is 14.9. The van der Waals surface area contributed by atoms with E-state index >= 15 is 0 Å². The molecule has 6 rings (SSSR count). The second kappa shape index (κ2) is 12.0. The molecular formula is C33H28F6N4O5. The average molecular weight is 675 g/mol. The molecule has 2 aromatic carbocycles. The summed E-state index contributed by atoms with van der Waals surface area (Å²) in [4.78, 5) is 34.5. The molecule has 0 saturated heterocycles. The van der Waals surface area contributed by atoms with Crippen molar-refractivity contribution in [3.8, 4) is 22.8 Å². The van der Waals surface area contributed by atoms with Crippen LogP contribution in [0, 0.1) is 18.7 Å². The molecule has 0 spiro atoms. The van der Waals surface area contributed by atoms with Crippen LogP contribution in [0.2, 0.25) is 0 Å². The van der Waals surface area contributed by atoms with E-state index in [1.54, 1.807) is 13.0 Å². The molecule has 15 heteroatoms. The lowest BCUT2D eigenvalue weighted by atomic mass is 9.76. The molecule has 1 saturated carbocycles. The Kier molecular flexibility index (Phi) is 8.22. The summed E-state index contributed by atoms with van der Waals surface area (Å²) < 4.78 is 95.3. The zero-order chi connectivity index (χ0) is 34.6. The number of carbonyl (C=O) groups excluding carboxylic acids is 2. The lowest BCUT2D eigenvalue weighted by Crippen LogP contribution is -2.52. The molecule has 0 bridgehead atoms. The van der Waals surface area contributed by atoms with Gasteiger partial charge in [0.25, 0.3) is 12.3 Å². The van der Waals surface area contributed by atoms with Gasteiger partial charge in [-0.2, -0.15) is 13.2 Å². The van der Waals surface area contributed by atoms with E-state index in [1.807, 2.05) is 0 Å². The Balaban J connectivity index is 1.42. The molecule has 9 nitrogen and oxygen atoms in total.